The predicted molar refractivity (Wildman–Crippen MR) is 88.4 cm³/mol. The van der Waals surface area contributed by atoms with Crippen LogP contribution in [0.1, 0.15) is 39.0 Å². The quantitative estimate of drug-likeness (QED) is 0.815. The van der Waals surface area contributed by atoms with Crippen LogP contribution in [0.4, 0.5) is 0 Å². The second-order valence-corrected chi connectivity index (χ2v) is 5.92. The minimum atomic E-state index is 0.447. The molecule has 3 rings (SSSR count). The summed E-state index contributed by atoms with van der Waals surface area (Å²) in [5, 5.41) is 3.73. The van der Waals surface area contributed by atoms with E-state index in [2.05, 4.69) is 52.1 Å². The molecular weight excluding hydrogens is 258 g/mol. The first-order valence-corrected chi connectivity index (χ1v) is 8.20. The molecule has 2 aromatic rings. The smallest absolute Gasteiger partial charge is 0.0958 e. The molecule has 3 heteroatoms. The summed E-state index contributed by atoms with van der Waals surface area (Å²) < 4.78 is 2.29. The first kappa shape index (κ1) is 14.3. The minimum Gasteiger partial charge on any atom is -0.329 e. The number of rotatable bonds is 6. The number of nitrogens with zero attached hydrogens (tertiary/aromatic N) is 2. The standard InChI is InChI=1S/C18H25N3/c1-2-12-19-17(15-8-4-3-5-9-15)13-21-14-20-16-10-6-7-11-18(16)21/h6-8,10-11,14,17,19H,2-5,9,12-13H2,1H3. The molecule has 21 heavy (non-hydrogen) atoms. The Kier molecular flexibility index (Phi) is 4.71. The van der Waals surface area contributed by atoms with Crippen molar-refractivity contribution in [1.29, 1.82) is 0 Å². The monoisotopic (exact) mass is 283 g/mol. The molecule has 1 aromatic carbocycles. The zero-order valence-electron chi connectivity index (χ0n) is 12.9. The number of allylic oxidation sites excluding steroid dienone is 1. The predicted octanol–water partition coefficient (Wildman–Crippen LogP) is 3.90. The van der Waals surface area contributed by atoms with Gasteiger partial charge in [0.1, 0.15) is 0 Å². The highest BCUT2D eigenvalue weighted by atomic mass is 15.1. The van der Waals surface area contributed by atoms with Crippen molar-refractivity contribution in [3.8, 4) is 0 Å². The number of aromatic nitrogens is 2. The molecule has 0 saturated heterocycles. The Labute approximate surface area is 127 Å². The third-order valence-electron chi connectivity index (χ3n) is 4.32. The fraction of sp³-hybridized carbons (Fsp3) is 0.500. The number of fused-ring (bicyclic) bond motifs is 1. The van der Waals surface area contributed by atoms with Gasteiger partial charge in [-0.3, -0.25) is 0 Å². The summed E-state index contributed by atoms with van der Waals surface area (Å²) in [4.78, 5) is 4.51. The van der Waals surface area contributed by atoms with Gasteiger partial charge in [-0.25, -0.2) is 4.98 Å². The summed E-state index contributed by atoms with van der Waals surface area (Å²) >= 11 is 0. The molecule has 1 unspecified atom stereocenters. The van der Waals surface area contributed by atoms with E-state index in [-0.39, 0.29) is 0 Å². The van der Waals surface area contributed by atoms with Crippen LogP contribution in [0.5, 0.6) is 0 Å². The Bertz CT molecular complexity index is 612. The van der Waals surface area contributed by atoms with Gasteiger partial charge in [0.05, 0.1) is 17.4 Å². The highest BCUT2D eigenvalue weighted by molar-refractivity contribution is 5.74. The molecule has 0 saturated carbocycles. The maximum Gasteiger partial charge on any atom is 0.0958 e. The maximum atomic E-state index is 4.51. The lowest BCUT2D eigenvalue weighted by molar-refractivity contribution is 0.476. The van der Waals surface area contributed by atoms with E-state index in [4.69, 9.17) is 0 Å². The maximum absolute atomic E-state index is 4.51. The van der Waals surface area contributed by atoms with E-state index in [0.717, 1.165) is 18.6 Å². The third kappa shape index (κ3) is 3.35. The topological polar surface area (TPSA) is 29.9 Å². The molecule has 0 radical (unpaired) electrons. The SMILES string of the molecule is CCCNC(Cn1cnc2ccccc21)C1=CCCCC1. The number of para-hydroxylation sites is 2. The van der Waals surface area contributed by atoms with E-state index in [1.165, 1.54) is 37.6 Å². The van der Waals surface area contributed by atoms with Crippen LogP contribution in [0.2, 0.25) is 0 Å². The van der Waals surface area contributed by atoms with Gasteiger partial charge in [-0.2, -0.15) is 0 Å². The normalized spacial score (nSPS) is 16.9. The Hall–Kier alpha value is -1.61. The zero-order valence-corrected chi connectivity index (χ0v) is 12.9. The lowest BCUT2D eigenvalue weighted by Crippen LogP contribution is -2.36. The van der Waals surface area contributed by atoms with Gasteiger partial charge < -0.3 is 9.88 Å². The molecule has 0 aliphatic heterocycles. The van der Waals surface area contributed by atoms with Crippen molar-refractivity contribution in [2.24, 2.45) is 0 Å². The molecule has 0 spiro atoms. The van der Waals surface area contributed by atoms with Crippen LogP contribution in [0, 0.1) is 0 Å². The molecule has 1 aromatic heterocycles. The summed E-state index contributed by atoms with van der Waals surface area (Å²) in [6.07, 6.45) is 10.8. The van der Waals surface area contributed by atoms with Crippen LogP contribution in [-0.2, 0) is 6.54 Å². The van der Waals surface area contributed by atoms with E-state index >= 15 is 0 Å². The minimum absolute atomic E-state index is 0.447. The summed E-state index contributed by atoms with van der Waals surface area (Å²) in [6.45, 7) is 4.28. The lowest BCUT2D eigenvalue weighted by Gasteiger charge is -2.25. The first-order valence-electron chi connectivity index (χ1n) is 8.20. The fourth-order valence-corrected chi connectivity index (χ4v) is 3.16. The van der Waals surface area contributed by atoms with Gasteiger partial charge in [0.15, 0.2) is 0 Å². The number of benzene rings is 1. The van der Waals surface area contributed by atoms with Gasteiger partial charge in [0.25, 0.3) is 0 Å². The molecule has 0 bridgehead atoms. The van der Waals surface area contributed by atoms with Gasteiger partial charge in [-0.1, -0.05) is 30.7 Å². The number of hydrogen-bond acceptors (Lipinski definition) is 2. The van der Waals surface area contributed by atoms with E-state index in [9.17, 15) is 0 Å². The van der Waals surface area contributed by atoms with E-state index < -0.39 is 0 Å². The van der Waals surface area contributed by atoms with Crippen LogP contribution >= 0.6 is 0 Å². The van der Waals surface area contributed by atoms with Crippen LogP contribution in [0.25, 0.3) is 11.0 Å². The molecule has 1 N–H and O–H groups in total. The fourth-order valence-electron chi connectivity index (χ4n) is 3.16. The van der Waals surface area contributed by atoms with Gasteiger partial charge in [0.2, 0.25) is 0 Å². The second-order valence-electron chi connectivity index (χ2n) is 5.92. The van der Waals surface area contributed by atoms with E-state index in [0.29, 0.717) is 6.04 Å². The van der Waals surface area contributed by atoms with E-state index in [1.807, 2.05) is 6.33 Å². The van der Waals surface area contributed by atoms with Crippen molar-refractivity contribution in [3.05, 3.63) is 42.2 Å². The second kappa shape index (κ2) is 6.90. The van der Waals surface area contributed by atoms with Crippen LogP contribution in [0.15, 0.2) is 42.2 Å². The summed E-state index contributed by atoms with van der Waals surface area (Å²) in [7, 11) is 0. The molecule has 112 valence electrons. The number of nitrogens with one attached hydrogen (secondary N) is 1. The molecular formula is C18H25N3. The molecule has 1 aliphatic carbocycles. The Morgan fingerprint density at radius 2 is 2.19 bits per heavy atom. The van der Waals surface area contributed by atoms with Crippen LogP contribution in [0.3, 0.4) is 0 Å². The summed E-state index contributed by atoms with van der Waals surface area (Å²) in [6, 6.07) is 8.84. The van der Waals surface area contributed by atoms with Crippen molar-refractivity contribution in [1.82, 2.24) is 14.9 Å². The number of hydrogen-bond donors (Lipinski definition) is 1. The van der Waals surface area contributed by atoms with Gasteiger partial charge in [-0.05, 0) is 50.8 Å². The van der Waals surface area contributed by atoms with Crippen molar-refractivity contribution >= 4 is 11.0 Å². The van der Waals surface area contributed by atoms with Crippen molar-refractivity contribution < 1.29 is 0 Å². The molecule has 1 heterocycles. The molecule has 3 nitrogen and oxygen atoms in total. The van der Waals surface area contributed by atoms with Crippen molar-refractivity contribution in [3.63, 3.8) is 0 Å². The molecule has 1 atom stereocenters. The lowest BCUT2D eigenvalue weighted by atomic mass is 9.93. The van der Waals surface area contributed by atoms with Crippen molar-refractivity contribution in [2.45, 2.75) is 51.6 Å². The highest BCUT2D eigenvalue weighted by Crippen LogP contribution is 2.22. The van der Waals surface area contributed by atoms with E-state index in [1.54, 1.807) is 5.57 Å². The summed E-state index contributed by atoms with van der Waals surface area (Å²) in [5.74, 6) is 0. The molecule has 0 amide bonds. The Morgan fingerprint density at radius 1 is 1.29 bits per heavy atom. The summed E-state index contributed by atoms with van der Waals surface area (Å²) in [5.41, 5.74) is 3.91. The molecule has 0 fully saturated rings. The average Bonchev–Trinajstić information content (AvgIpc) is 2.95. The van der Waals surface area contributed by atoms with Gasteiger partial charge in [0, 0.05) is 12.6 Å². The third-order valence-corrected chi connectivity index (χ3v) is 4.32. The van der Waals surface area contributed by atoms with Gasteiger partial charge in [-0.15, -0.1) is 0 Å². The first-order chi connectivity index (χ1) is 10.4. The highest BCUT2D eigenvalue weighted by Gasteiger charge is 2.17. The molecule has 1 aliphatic rings. The largest absolute Gasteiger partial charge is 0.329 e. The Balaban J connectivity index is 1.81. The Morgan fingerprint density at radius 3 is 3.00 bits per heavy atom. The average molecular weight is 283 g/mol. The number of imidazole rings is 1. The van der Waals surface area contributed by atoms with Crippen LogP contribution in [-0.4, -0.2) is 22.1 Å². The zero-order chi connectivity index (χ0) is 14.5. The van der Waals surface area contributed by atoms with Crippen molar-refractivity contribution in [2.75, 3.05) is 6.54 Å². The van der Waals surface area contributed by atoms with Crippen LogP contribution < -0.4 is 5.32 Å². The van der Waals surface area contributed by atoms with Gasteiger partial charge >= 0.3 is 0 Å².